The van der Waals surface area contributed by atoms with Crippen LogP contribution in [0.25, 0.3) is 0 Å². The Kier molecular flexibility index (Phi) is 5.76. The topological polar surface area (TPSA) is 86.7 Å². The molecule has 124 valence electrons. The lowest BCUT2D eigenvalue weighted by Crippen LogP contribution is -2.36. The second-order valence-corrected chi connectivity index (χ2v) is 6.46. The summed E-state index contributed by atoms with van der Waals surface area (Å²) in [6.07, 6.45) is -0.0295. The van der Waals surface area contributed by atoms with Crippen LogP contribution in [0.5, 0.6) is 0 Å². The van der Waals surface area contributed by atoms with E-state index < -0.39 is 17.9 Å². The number of carboxylic acids is 1. The van der Waals surface area contributed by atoms with Gasteiger partial charge < -0.3 is 15.3 Å². The number of likely N-dealkylation sites (tertiary alicyclic amines) is 1. The fraction of sp³-hybridized carbons (Fsp3) is 0.438. The molecule has 1 saturated heterocycles. The summed E-state index contributed by atoms with van der Waals surface area (Å²) in [7, 11) is 0. The normalized spacial score (nSPS) is 18.8. The summed E-state index contributed by atoms with van der Waals surface area (Å²) >= 11 is 3.34. The van der Waals surface area contributed by atoms with Gasteiger partial charge in [0, 0.05) is 24.0 Å². The lowest BCUT2D eigenvalue weighted by molar-refractivity contribution is -0.138. The first-order chi connectivity index (χ1) is 10.9. The lowest BCUT2D eigenvalue weighted by Gasteiger charge is -2.20. The maximum atomic E-state index is 12.4. The number of hydrogen-bond donors (Lipinski definition) is 2. The minimum atomic E-state index is -0.993. The zero-order valence-corrected chi connectivity index (χ0v) is 14.4. The standard InChI is InChI=1S/C16H19BrN2O4/c1-2-19-9-11(7-14(19)20)16(23)18-13(8-15(21)22)10-4-3-5-12(17)6-10/h3-6,11,13H,2,7-9H2,1H3,(H,18,23)(H,21,22)/t11-,13-/m1/s1. The zero-order chi connectivity index (χ0) is 17.0. The van der Waals surface area contributed by atoms with E-state index in [2.05, 4.69) is 21.2 Å². The number of halogens is 1. The molecule has 1 aromatic rings. The molecule has 0 aromatic heterocycles. The molecule has 2 amide bonds. The minimum absolute atomic E-state index is 0.0371. The molecule has 23 heavy (non-hydrogen) atoms. The van der Waals surface area contributed by atoms with Gasteiger partial charge in [-0.1, -0.05) is 28.1 Å². The van der Waals surface area contributed by atoms with E-state index in [1.165, 1.54) is 0 Å². The van der Waals surface area contributed by atoms with Crippen LogP contribution in [0.1, 0.15) is 31.4 Å². The first-order valence-electron chi connectivity index (χ1n) is 7.46. The highest BCUT2D eigenvalue weighted by molar-refractivity contribution is 9.10. The molecule has 0 aliphatic carbocycles. The Balaban J connectivity index is 2.10. The summed E-state index contributed by atoms with van der Waals surface area (Å²) < 4.78 is 0.813. The smallest absolute Gasteiger partial charge is 0.305 e. The van der Waals surface area contributed by atoms with Crippen molar-refractivity contribution in [2.45, 2.75) is 25.8 Å². The molecule has 0 bridgehead atoms. The third-order valence-electron chi connectivity index (χ3n) is 3.91. The van der Waals surface area contributed by atoms with Gasteiger partial charge in [-0.2, -0.15) is 0 Å². The van der Waals surface area contributed by atoms with Crippen molar-refractivity contribution in [3.8, 4) is 0 Å². The van der Waals surface area contributed by atoms with Crippen LogP contribution in [0.4, 0.5) is 0 Å². The van der Waals surface area contributed by atoms with Crippen molar-refractivity contribution >= 4 is 33.7 Å². The van der Waals surface area contributed by atoms with Crippen molar-refractivity contribution in [3.05, 3.63) is 34.3 Å². The second kappa shape index (κ2) is 7.59. The SMILES string of the molecule is CCN1C[C@H](C(=O)N[C@H](CC(=O)O)c2cccc(Br)c2)CC1=O. The van der Waals surface area contributed by atoms with E-state index in [0.29, 0.717) is 18.7 Å². The van der Waals surface area contributed by atoms with Crippen molar-refractivity contribution in [1.29, 1.82) is 0 Å². The van der Waals surface area contributed by atoms with Crippen molar-refractivity contribution < 1.29 is 19.5 Å². The molecule has 0 radical (unpaired) electrons. The van der Waals surface area contributed by atoms with E-state index in [9.17, 15) is 14.4 Å². The van der Waals surface area contributed by atoms with Crippen LogP contribution in [0.3, 0.4) is 0 Å². The third kappa shape index (κ3) is 4.54. The average Bonchev–Trinajstić information content (AvgIpc) is 2.87. The Labute approximate surface area is 143 Å². The molecule has 1 aromatic carbocycles. The minimum Gasteiger partial charge on any atom is -0.481 e. The van der Waals surface area contributed by atoms with Crippen molar-refractivity contribution in [1.82, 2.24) is 10.2 Å². The first kappa shape index (κ1) is 17.5. The highest BCUT2D eigenvalue weighted by Crippen LogP contribution is 2.23. The number of carboxylic acid groups (broad SMARTS) is 1. The predicted molar refractivity (Wildman–Crippen MR) is 87.6 cm³/mol. The predicted octanol–water partition coefficient (Wildman–Crippen LogP) is 1.95. The Morgan fingerprint density at radius 2 is 2.22 bits per heavy atom. The molecule has 1 heterocycles. The summed E-state index contributed by atoms with van der Waals surface area (Å²) in [5.74, 6) is -1.73. The number of hydrogen-bond acceptors (Lipinski definition) is 3. The van der Waals surface area contributed by atoms with Crippen LogP contribution in [0.15, 0.2) is 28.7 Å². The maximum Gasteiger partial charge on any atom is 0.305 e. The third-order valence-corrected chi connectivity index (χ3v) is 4.41. The summed E-state index contributed by atoms with van der Waals surface area (Å²) in [6.45, 7) is 2.83. The summed E-state index contributed by atoms with van der Waals surface area (Å²) in [4.78, 5) is 36.9. The van der Waals surface area contributed by atoms with Crippen LogP contribution in [-0.4, -0.2) is 40.9 Å². The quantitative estimate of drug-likeness (QED) is 0.786. The Bertz CT molecular complexity index is 620. The number of carbonyl (C=O) groups is 3. The molecular formula is C16H19BrN2O4. The van der Waals surface area contributed by atoms with E-state index in [-0.39, 0.29) is 24.7 Å². The number of nitrogens with zero attached hydrogens (tertiary/aromatic N) is 1. The zero-order valence-electron chi connectivity index (χ0n) is 12.8. The Morgan fingerprint density at radius 3 is 2.78 bits per heavy atom. The molecule has 7 heteroatoms. The molecular weight excluding hydrogens is 364 g/mol. The van der Waals surface area contributed by atoms with Crippen LogP contribution in [0, 0.1) is 5.92 Å². The largest absolute Gasteiger partial charge is 0.481 e. The Hall–Kier alpha value is -1.89. The van der Waals surface area contributed by atoms with Crippen LogP contribution < -0.4 is 5.32 Å². The number of amides is 2. The van der Waals surface area contributed by atoms with Gasteiger partial charge in [0.15, 0.2) is 0 Å². The van der Waals surface area contributed by atoms with Crippen molar-refractivity contribution in [3.63, 3.8) is 0 Å². The van der Waals surface area contributed by atoms with Gasteiger partial charge in [0.05, 0.1) is 18.4 Å². The monoisotopic (exact) mass is 382 g/mol. The van der Waals surface area contributed by atoms with E-state index in [1.807, 2.05) is 13.0 Å². The Morgan fingerprint density at radius 1 is 1.48 bits per heavy atom. The fourth-order valence-corrected chi connectivity index (χ4v) is 3.11. The van der Waals surface area contributed by atoms with Gasteiger partial charge in [0.25, 0.3) is 0 Å². The van der Waals surface area contributed by atoms with Gasteiger partial charge in [0.1, 0.15) is 0 Å². The van der Waals surface area contributed by atoms with E-state index in [0.717, 1.165) is 4.47 Å². The number of rotatable bonds is 6. The molecule has 2 atom stereocenters. The van der Waals surface area contributed by atoms with Crippen molar-refractivity contribution in [2.75, 3.05) is 13.1 Å². The van der Waals surface area contributed by atoms with Gasteiger partial charge in [-0.05, 0) is 24.6 Å². The second-order valence-electron chi connectivity index (χ2n) is 5.55. The maximum absolute atomic E-state index is 12.4. The van der Waals surface area contributed by atoms with Gasteiger partial charge in [0.2, 0.25) is 11.8 Å². The lowest BCUT2D eigenvalue weighted by atomic mass is 10.0. The number of benzene rings is 1. The van der Waals surface area contributed by atoms with Crippen LogP contribution in [-0.2, 0) is 14.4 Å². The highest BCUT2D eigenvalue weighted by atomic mass is 79.9. The molecule has 1 aliphatic heterocycles. The van der Waals surface area contributed by atoms with Gasteiger partial charge in [-0.15, -0.1) is 0 Å². The molecule has 0 unspecified atom stereocenters. The van der Waals surface area contributed by atoms with E-state index in [1.54, 1.807) is 23.1 Å². The van der Waals surface area contributed by atoms with Crippen LogP contribution >= 0.6 is 15.9 Å². The molecule has 0 saturated carbocycles. The number of aliphatic carboxylic acids is 1. The summed E-state index contributed by atoms with van der Waals surface area (Å²) in [5, 5.41) is 11.9. The number of carbonyl (C=O) groups excluding carboxylic acids is 2. The molecule has 1 fully saturated rings. The summed E-state index contributed by atoms with van der Waals surface area (Å²) in [6, 6.07) is 6.56. The average molecular weight is 383 g/mol. The molecule has 1 aliphatic rings. The van der Waals surface area contributed by atoms with Gasteiger partial charge in [-0.3, -0.25) is 14.4 Å². The van der Waals surface area contributed by atoms with Crippen LogP contribution in [0.2, 0.25) is 0 Å². The highest BCUT2D eigenvalue weighted by Gasteiger charge is 2.34. The summed E-state index contributed by atoms with van der Waals surface area (Å²) in [5.41, 5.74) is 0.715. The van der Waals surface area contributed by atoms with Crippen molar-refractivity contribution in [2.24, 2.45) is 5.92 Å². The molecule has 2 N–H and O–H groups in total. The first-order valence-corrected chi connectivity index (χ1v) is 8.25. The molecule has 2 rings (SSSR count). The molecule has 0 spiro atoms. The van der Waals surface area contributed by atoms with Gasteiger partial charge >= 0.3 is 5.97 Å². The number of nitrogens with one attached hydrogen (secondary N) is 1. The fourth-order valence-electron chi connectivity index (χ4n) is 2.69. The molecule has 6 nitrogen and oxygen atoms in total. The van der Waals surface area contributed by atoms with E-state index in [4.69, 9.17) is 5.11 Å². The van der Waals surface area contributed by atoms with E-state index >= 15 is 0 Å². The van der Waals surface area contributed by atoms with Gasteiger partial charge in [-0.25, -0.2) is 0 Å².